The van der Waals surface area contributed by atoms with E-state index in [0.29, 0.717) is 16.4 Å². The summed E-state index contributed by atoms with van der Waals surface area (Å²) < 4.78 is 0. The van der Waals surface area contributed by atoms with Gasteiger partial charge in [0.2, 0.25) is 5.91 Å². The first-order valence-electron chi connectivity index (χ1n) is 6.53. The lowest BCUT2D eigenvalue weighted by molar-refractivity contribution is 0.0943. The largest absolute Gasteiger partial charge is 0.366 e. The molecule has 0 saturated carbocycles. The van der Waals surface area contributed by atoms with Gasteiger partial charge in [-0.3, -0.25) is 9.59 Å². The SMILES string of the molecule is CC(C)c1nc([C@@H](C)NC(=O)c2cc(C(N)=O)cs2)cs1. The summed E-state index contributed by atoms with van der Waals surface area (Å²) >= 11 is 2.80. The van der Waals surface area contributed by atoms with Crippen molar-refractivity contribution < 1.29 is 9.59 Å². The standard InChI is InChI=1S/C14H17N3O2S2/c1-7(2)14-17-10(6-21-14)8(3)16-13(19)11-4-9(5-20-11)12(15)18/h4-8H,1-3H3,(H2,15,18)(H,16,19)/t8-/m1/s1. The van der Waals surface area contributed by atoms with Crippen LogP contribution in [0, 0.1) is 0 Å². The number of thiophene rings is 1. The van der Waals surface area contributed by atoms with Crippen LogP contribution in [0.5, 0.6) is 0 Å². The Morgan fingerprint density at radius 3 is 2.48 bits per heavy atom. The van der Waals surface area contributed by atoms with E-state index < -0.39 is 5.91 Å². The van der Waals surface area contributed by atoms with Gasteiger partial charge in [-0.1, -0.05) is 13.8 Å². The van der Waals surface area contributed by atoms with Crippen LogP contribution in [-0.2, 0) is 0 Å². The van der Waals surface area contributed by atoms with Crippen molar-refractivity contribution in [2.45, 2.75) is 32.7 Å². The molecule has 0 bridgehead atoms. The molecule has 2 aromatic heterocycles. The van der Waals surface area contributed by atoms with E-state index in [4.69, 9.17) is 5.73 Å². The topological polar surface area (TPSA) is 85.1 Å². The highest BCUT2D eigenvalue weighted by Gasteiger charge is 2.17. The Kier molecular flexibility index (Phi) is 4.74. The van der Waals surface area contributed by atoms with Crippen LogP contribution < -0.4 is 11.1 Å². The van der Waals surface area contributed by atoms with Gasteiger partial charge in [0.15, 0.2) is 0 Å². The fourth-order valence-corrected chi connectivity index (χ4v) is 3.42. The number of hydrogen-bond donors (Lipinski definition) is 2. The molecular formula is C14H17N3O2S2. The average Bonchev–Trinajstić information content (AvgIpc) is 3.08. The zero-order valence-corrected chi connectivity index (χ0v) is 13.7. The van der Waals surface area contributed by atoms with Gasteiger partial charge >= 0.3 is 0 Å². The van der Waals surface area contributed by atoms with Crippen molar-refractivity contribution in [1.82, 2.24) is 10.3 Å². The molecule has 0 aromatic carbocycles. The molecule has 2 aromatic rings. The number of nitrogens with zero attached hydrogens (tertiary/aromatic N) is 1. The molecule has 0 unspecified atom stereocenters. The molecule has 5 nitrogen and oxygen atoms in total. The van der Waals surface area contributed by atoms with Gasteiger partial charge < -0.3 is 11.1 Å². The molecule has 2 heterocycles. The molecule has 2 amide bonds. The van der Waals surface area contributed by atoms with Gasteiger partial charge in [-0.15, -0.1) is 22.7 Å². The molecule has 0 fully saturated rings. The molecule has 0 aliphatic carbocycles. The zero-order valence-electron chi connectivity index (χ0n) is 12.0. The van der Waals surface area contributed by atoms with Crippen LogP contribution in [0.2, 0.25) is 0 Å². The summed E-state index contributed by atoms with van der Waals surface area (Å²) in [5.41, 5.74) is 6.38. The van der Waals surface area contributed by atoms with Crippen molar-refractivity contribution in [1.29, 1.82) is 0 Å². The summed E-state index contributed by atoms with van der Waals surface area (Å²) in [6, 6.07) is 1.33. The maximum Gasteiger partial charge on any atom is 0.261 e. The lowest BCUT2D eigenvalue weighted by Gasteiger charge is -2.10. The molecular weight excluding hydrogens is 306 g/mol. The average molecular weight is 323 g/mol. The monoisotopic (exact) mass is 323 g/mol. The van der Waals surface area contributed by atoms with Crippen LogP contribution in [-0.4, -0.2) is 16.8 Å². The second kappa shape index (κ2) is 6.36. The molecule has 3 N–H and O–H groups in total. The van der Waals surface area contributed by atoms with E-state index in [1.54, 1.807) is 16.7 Å². The highest BCUT2D eigenvalue weighted by Crippen LogP contribution is 2.23. The zero-order chi connectivity index (χ0) is 15.6. The summed E-state index contributed by atoms with van der Waals surface area (Å²) in [6.07, 6.45) is 0. The molecule has 2 rings (SSSR count). The van der Waals surface area contributed by atoms with Gasteiger partial charge in [-0.2, -0.15) is 0 Å². The van der Waals surface area contributed by atoms with Crippen molar-refractivity contribution >= 4 is 34.5 Å². The number of nitrogens with one attached hydrogen (secondary N) is 1. The normalized spacial score (nSPS) is 12.4. The van der Waals surface area contributed by atoms with E-state index >= 15 is 0 Å². The fourth-order valence-electron chi connectivity index (χ4n) is 1.69. The summed E-state index contributed by atoms with van der Waals surface area (Å²) in [5.74, 6) is -0.374. The van der Waals surface area contributed by atoms with Gasteiger partial charge in [-0.05, 0) is 13.0 Å². The van der Waals surface area contributed by atoms with Gasteiger partial charge in [0.05, 0.1) is 27.2 Å². The number of aromatic nitrogens is 1. The molecule has 0 aliphatic heterocycles. The summed E-state index contributed by atoms with van der Waals surface area (Å²) in [5, 5.41) is 7.48. The highest BCUT2D eigenvalue weighted by atomic mass is 32.1. The maximum atomic E-state index is 12.1. The van der Waals surface area contributed by atoms with E-state index in [9.17, 15) is 9.59 Å². The first-order valence-corrected chi connectivity index (χ1v) is 8.29. The fraction of sp³-hybridized carbons (Fsp3) is 0.357. The molecule has 0 saturated heterocycles. The Bertz CT molecular complexity index is 661. The number of rotatable bonds is 5. The Hall–Kier alpha value is -1.73. The second-order valence-electron chi connectivity index (χ2n) is 5.02. The van der Waals surface area contributed by atoms with Crippen molar-refractivity contribution in [3.63, 3.8) is 0 Å². The smallest absolute Gasteiger partial charge is 0.261 e. The first-order chi connectivity index (χ1) is 9.88. The van der Waals surface area contributed by atoms with Crippen molar-refractivity contribution in [3.8, 4) is 0 Å². The maximum absolute atomic E-state index is 12.1. The predicted molar refractivity (Wildman–Crippen MR) is 84.9 cm³/mol. The van der Waals surface area contributed by atoms with Gasteiger partial charge in [0, 0.05) is 16.7 Å². The Morgan fingerprint density at radius 1 is 1.24 bits per heavy atom. The molecule has 7 heteroatoms. The Labute approximate surface area is 131 Å². The highest BCUT2D eigenvalue weighted by molar-refractivity contribution is 7.12. The van der Waals surface area contributed by atoms with Crippen LogP contribution in [0.15, 0.2) is 16.8 Å². The van der Waals surface area contributed by atoms with Crippen LogP contribution in [0.25, 0.3) is 0 Å². The first kappa shape index (κ1) is 15.7. The van der Waals surface area contributed by atoms with Crippen molar-refractivity contribution in [2.75, 3.05) is 0 Å². The molecule has 21 heavy (non-hydrogen) atoms. The van der Waals surface area contributed by atoms with Gasteiger partial charge in [0.25, 0.3) is 5.91 Å². The lowest BCUT2D eigenvalue weighted by atomic mass is 10.2. The minimum Gasteiger partial charge on any atom is -0.366 e. The minimum absolute atomic E-state index is 0.180. The quantitative estimate of drug-likeness (QED) is 0.887. The third-order valence-corrected chi connectivity index (χ3v) is 5.03. The van der Waals surface area contributed by atoms with Crippen LogP contribution in [0.1, 0.15) is 63.5 Å². The Morgan fingerprint density at radius 2 is 1.95 bits per heavy atom. The molecule has 0 aliphatic rings. The van der Waals surface area contributed by atoms with Crippen molar-refractivity contribution in [3.05, 3.63) is 38.0 Å². The molecule has 0 radical (unpaired) electrons. The number of nitrogens with two attached hydrogens (primary N) is 1. The second-order valence-corrected chi connectivity index (χ2v) is 6.83. The van der Waals surface area contributed by atoms with E-state index in [0.717, 1.165) is 10.7 Å². The van der Waals surface area contributed by atoms with Crippen LogP contribution >= 0.6 is 22.7 Å². The number of carbonyl (C=O) groups is 2. The summed E-state index contributed by atoms with van der Waals surface area (Å²) in [6.45, 7) is 6.06. The number of thiazole rings is 1. The minimum atomic E-state index is -0.528. The third-order valence-electron chi connectivity index (χ3n) is 2.93. The number of primary amides is 1. The Balaban J connectivity index is 2.05. The van der Waals surface area contributed by atoms with Gasteiger partial charge in [0.1, 0.15) is 0 Å². The molecule has 112 valence electrons. The van der Waals surface area contributed by atoms with Gasteiger partial charge in [-0.25, -0.2) is 4.98 Å². The van der Waals surface area contributed by atoms with E-state index in [-0.39, 0.29) is 11.9 Å². The van der Waals surface area contributed by atoms with Crippen molar-refractivity contribution in [2.24, 2.45) is 5.73 Å². The molecule has 1 atom stereocenters. The summed E-state index contributed by atoms with van der Waals surface area (Å²) in [7, 11) is 0. The van der Waals surface area contributed by atoms with E-state index in [1.165, 1.54) is 17.4 Å². The van der Waals surface area contributed by atoms with Crippen LogP contribution in [0.3, 0.4) is 0 Å². The molecule has 0 spiro atoms. The lowest BCUT2D eigenvalue weighted by Crippen LogP contribution is -2.26. The van der Waals surface area contributed by atoms with E-state index in [1.807, 2.05) is 12.3 Å². The number of carbonyl (C=O) groups excluding carboxylic acids is 2. The number of amides is 2. The predicted octanol–water partition coefficient (Wildman–Crippen LogP) is 2.92. The van der Waals surface area contributed by atoms with E-state index in [2.05, 4.69) is 24.1 Å². The summed E-state index contributed by atoms with van der Waals surface area (Å²) in [4.78, 5) is 28.2. The third kappa shape index (κ3) is 3.68. The number of hydrogen-bond acceptors (Lipinski definition) is 5. The van der Waals surface area contributed by atoms with Crippen LogP contribution in [0.4, 0.5) is 0 Å².